The first-order chi connectivity index (χ1) is 10.7. The molecule has 0 aliphatic rings. The number of nitrogens with zero attached hydrogens (tertiary/aromatic N) is 1. The SMILES string of the molecule is C=CCOC(=O)C(=Nc1ccc(OC)cc1)c1ccccc1. The maximum absolute atomic E-state index is 12.2. The van der Waals surface area contributed by atoms with E-state index in [0.29, 0.717) is 11.3 Å². The third-order valence-corrected chi connectivity index (χ3v) is 2.89. The summed E-state index contributed by atoms with van der Waals surface area (Å²) < 4.78 is 10.2. The predicted molar refractivity (Wildman–Crippen MR) is 86.8 cm³/mol. The molecule has 0 aromatic heterocycles. The monoisotopic (exact) mass is 295 g/mol. The summed E-state index contributed by atoms with van der Waals surface area (Å²) in [6.07, 6.45) is 1.52. The number of esters is 1. The first-order valence-corrected chi connectivity index (χ1v) is 6.81. The van der Waals surface area contributed by atoms with Crippen molar-refractivity contribution >= 4 is 17.4 Å². The second kappa shape index (κ2) is 7.78. The minimum absolute atomic E-state index is 0.146. The third kappa shape index (κ3) is 4.06. The van der Waals surface area contributed by atoms with Crippen molar-refractivity contribution < 1.29 is 14.3 Å². The molecule has 4 nitrogen and oxygen atoms in total. The maximum atomic E-state index is 12.2. The Kier molecular flexibility index (Phi) is 5.49. The van der Waals surface area contributed by atoms with Crippen LogP contribution in [0.1, 0.15) is 5.56 Å². The Bertz CT molecular complexity index is 660. The van der Waals surface area contributed by atoms with Crippen molar-refractivity contribution in [3.8, 4) is 5.75 Å². The van der Waals surface area contributed by atoms with Crippen LogP contribution >= 0.6 is 0 Å². The van der Waals surface area contributed by atoms with Crippen LogP contribution in [0.25, 0.3) is 0 Å². The molecule has 0 bridgehead atoms. The van der Waals surface area contributed by atoms with Crippen LogP contribution in [0.5, 0.6) is 5.75 Å². The van der Waals surface area contributed by atoms with Gasteiger partial charge in [0.05, 0.1) is 12.8 Å². The molecule has 0 radical (unpaired) electrons. The van der Waals surface area contributed by atoms with Crippen molar-refractivity contribution in [2.45, 2.75) is 0 Å². The van der Waals surface area contributed by atoms with Gasteiger partial charge >= 0.3 is 5.97 Å². The van der Waals surface area contributed by atoms with Crippen LogP contribution in [0.15, 0.2) is 72.2 Å². The molecule has 0 heterocycles. The van der Waals surface area contributed by atoms with Gasteiger partial charge in [-0.15, -0.1) is 0 Å². The summed E-state index contributed by atoms with van der Waals surface area (Å²) in [5, 5.41) is 0. The lowest BCUT2D eigenvalue weighted by atomic mass is 10.1. The fraction of sp³-hybridized carbons (Fsp3) is 0.111. The number of hydrogen-bond acceptors (Lipinski definition) is 4. The van der Waals surface area contributed by atoms with Crippen molar-refractivity contribution in [1.82, 2.24) is 0 Å². The number of carbonyl (C=O) groups excluding carboxylic acids is 1. The van der Waals surface area contributed by atoms with Gasteiger partial charge in [-0.2, -0.15) is 0 Å². The van der Waals surface area contributed by atoms with E-state index in [9.17, 15) is 4.79 Å². The van der Waals surface area contributed by atoms with Gasteiger partial charge in [0.25, 0.3) is 0 Å². The van der Waals surface area contributed by atoms with E-state index in [0.717, 1.165) is 5.75 Å². The van der Waals surface area contributed by atoms with Crippen LogP contribution in [0, 0.1) is 0 Å². The lowest BCUT2D eigenvalue weighted by Gasteiger charge is -2.07. The Morgan fingerprint density at radius 2 is 1.82 bits per heavy atom. The van der Waals surface area contributed by atoms with Crippen molar-refractivity contribution in [2.75, 3.05) is 13.7 Å². The van der Waals surface area contributed by atoms with Crippen molar-refractivity contribution in [1.29, 1.82) is 0 Å². The summed E-state index contributed by atoms with van der Waals surface area (Å²) in [7, 11) is 1.60. The molecular weight excluding hydrogens is 278 g/mol. The van der Waals surface area contributed by atoms with Gasteiger partial charge in [-0.3, -0.25) is 0 Å². The Morgan fingerprint density at radius 3 is 2.41 bits per heavy atom. The molecule has 0 fully saturated rings. The van der Waals surface area contributed by atoms with Crippen LogP contribution in [-0.4, -0.2) is 25.4 Å². The van der Waals surface area contributed by atoms with Gasteiger partial charge < -0.3 is 9.47 Å². The van der Waals surface area contributed by atoms with Gasteiger partial charge in [0.15, 0.2) is 5.71 Å². The first kappa shape index (κ1) is 15.5. The van der Waals surface area contributed by atoms with Gasteiger partial charge in [0.1, 0.15) is 12.4 Å². The summed E-state index contributed by atoms with van der Waals surface area (Å²) in [5.74, 6) is 0.247. The van der Waals surface area contributed by atoms with Gasteiger partial charge in [-0.25, -0.2) is 9.79 Å². The van der Waals surface area contributed by atoms with Crippen LogP contribution < -0.4 is 4.74 Å². The Labute approximate surface area is 129 Å². The second-order valence-corrected chi connectivity index (χ2v) is 4.41. The van der Waals surface area contributed by atoms with Crippen LogP contribution in [0.2, 0.25) is 0 Å². The highest BCUT2D eigenvalue weighted by Crippen LogP contribution is 2.19. The van der Waals surface area contributed by atoms with Crippen LogP contribution in [0.3, 0.4) is 0 Å². The van der Waals surface area contributed by atoms with E-state index in [4.69, 9.17) is 9.47 Å². The minimum Gasteiger partial charge on any atom is -0.497 e. The highest BCUT2D eigenvalue weighted by molar-refractivity contribution is 6.43. The molecule has 0 atom stereocenters. The standard InChI is InChI=1S/C18H17NO3/c1-3-13-22-18(20)17(14-7-5-4-6-8-14)19-15-9-11-16(21-2)12-10-15/h3-12H,1,13H2,2H3. The number of hydrogen-bond donors (Lipinski definition) is 0. The number of aliphatic imine (C=N–C) groups is 1. The highest BCUT2D eigenvalue weighted by atomic mass is 16.5. The average molecular weight is 295 g/mol. The zero-order valence-electron chi connectivity index (χ0n) is 12.4. The first-order valence-electron chi connectivity index (χ1n) is 6.81. The van der Waals surface area contributed by atoms with E-state index in [1.807, 2.05) is 30.3 Å². The smallest absolute Gasteiger partial charge is 0.357 e. The van der Waals surface area contributed by atoms with E-state index in [-0.39, 0.29) is 12.3 Å². The molecule has 2 rings (SSSR count). The molecule has 112 valence electrons. The molecule has 0 spiro atoms. The van der Waals surface area contributed by atoms with Gasteiger partial charge in [-0.1, -0.05) is 43.0 Å². The van der Waals surface area contributed by atoms with E-state index in [1.165, 1.54) is 6.08 Å². The molecule has 4 heteroatoms. The van der Waals surface area contributed by atoms with E-state index in [1.54, 1.807) is 31.4 Å². The minimum atomic E-state index is -0.484. The molecule has 0 amide bonds. The van der Waals surface area contributed by atoms with E-state index >= 15 is 0 Å². The van der Waals surface area contributed by atoms with E-state index < -0.39 is 5.97 Å². The number of benzene rings is 2. The lowest BCUT2D eigenvalue weighted by Crippen LogP contribution is -2.18. The lowest BCUT2D eigenvalue weighted by molar-refractivity contribution is -0.134. The van der Waals surface area contributed by atoms with Gasteiger partial charge in [0.2, 0.25) is 0 Å². The molecule has 2 aromatic carbocycles. The molecule has 22 heavy (non-hydrogen) atoms. The largest absolute Gasteiger partial charge is 0.497 e. The molecule has 0 saturated heterocycles. The molecule has 0 saturated carbocycles. The van der Waals surface area contributed by atoms with Gasteiger partial charge in [-0.05, 0) is 24.3 Å². The quantitative estimate of drug-likeness (QED) is 0.465. The zero-order chi connectivity index (χ0) is 15.8. The van der Waals surface area contributed by atoms with E-state index in [2.05, 4.69) is 11.6 Å². The van der Waals surface area contributed by atoms with Crippen molar-refractivity contribution in [3.05, 3.63) is 72.8 Å². The Hall–Kier alpha value is -2.88. The Balaban J connectivity index is 2.36. The summed E-state index contributed by atoms with van der Waals surface area (Å²) in [5.41, 5.74) is 1.61. The second-order valence-electron chi connectivity index (χ2n) is 4.41. The third-order valence-electron chi connectivity index (χ3n) is 2.89. The summed E-state index contributed by atoms with van der Waals surface area (Å²) in [4.78, 5) is 16.6. The fourth-order valence-electron chi connectivity index (χ4n) is 1.81. The predicted octanol–water partition coefficient (Wildman–Crippen LogP) is 3.55. The normalized spacial score (nSPS) is 10.9. The molecule has 0 unspecified atom stereocenters. The summed E-state index contributed by atoms with van der Waals surface area (Å²) in [6.45, 7) is 3.68. The van der Waals surface area contributed by atoms with Crippen molar-refractivity contribution in [2.24, 2.45) is 4.99 Å². The number of rotatable bonds is 6. The maximum Gasteiger partial charge on any atom is 0.357 e. The molecule has 2 aromatic rings. The summed E-state index contributed by atoms with van der Waals surface area (Å²) in [6, 6.07) is 16.3. The molecular formula is C18H17NO3. The Morgan fingerprint density at radius 1 is 1.14 bits per heavy atom. The average Bonchev–Trinajstić information content (AvgIpc) is 2.59. The number of ether oxygens (including phenoxy) is 2. The van der Waals surface area contributed by atoms with Crippen LogP contribution in [0.4, 0.5) is 5.69 Å². The zero-order valence-corrected chi connectivity index (χ0v) is 12.4. The topological polar surface area (TPSA) is 47.9 Å². The molecule has 0 aliphatic heterocycles. The fourth-order valence-corrected chi connectivity index (χ4v) is 1.81. The summed E-state index contributed by atoms with van der Waals surface area (Å²) >= 11 is 0. The molecule has 0 aliphatic carbocycles. The number of methoxy groups -OCH3 is 1. The number of carbonyl (C=O) groups is 1. The van der Waals surface area contributed by atoms with Gasteiger partial charge in [0, 0.05) is 5.56 Å². The van der Waals surface area contributed by atoms with Crippen LogP contribution in [-0.2, 0) is 9.53 Å². The molecule has 0 N–H and O–H groups in total. The van der Waals surface area contributed by atoms with Crippen molar-refractivity contribution in [3.63, 3.8) is 0 Å². The highest BCUT2D eigenvalue weighted by Gasteiger charge is 2.15.